The largest absolute Gasteiger partial charge is 0.495 e. The Hall–Kier alpha value is -1.51. The van der Waals surface area contributed by atoms with Crippen LogP contribution in [0.25, 0.3) is 0 Å². The highest BCUT2D eigenvalue weighted by atomic mass is 35.5. The number of amides is 1. The van der Waals surface area contributed by atoms with Gasteiger partial charge in [-0.1, -0.05) is 24.4 Å². The third kappa shape index (κ3) is 4.99. The molecule has 140 valence electrons. The zero-order chi connectivity index (χ0) is 18.6. The van der Waals surface area contributed by atoms with Crippen molar-refractivity contribution < 1.29 is 22.7 Å². The van der Waals surface area contributed by atoms with Crippen LogP contribution in [0, 0.1) is 0 Å². The van der Waals surface area contributed by atoms with E-state index in [1.54, 1.807) is 6.07 Å². The SMILES string of the molecule is COc1cc(NC(=O)CN(C2CCCC2)S(C)(=O)=O)c(OC)cc1Cl. The lowest BCUT2D eigenvalue weighted by Gasteiger charge is -2.26. The number of carbonyl (C=O) groups excluding carboxylic acids is 1. The van der Waals surface area contributed by atoms with Gasteiger partial charge in [-0.2, -0.15) is 4.31 Å². The number of methoxy groups -OCH3 is 2. The van der Waals surface area contributed by atoms with E-state index in [0.29, 0.717) is 22.2 Å². The van der Waals surface area contributed by atoms with E-state index in [1.807, 2.05) is 0 Å². The van der Waals surface area contributed by atoms with Crippen LogP contribution in [0.1, 0.15) is 25.7 Å². The van der Waals surface area contributed by atoms with Crippen molar-refractivity contribution in [2.24, 2.45) is 0 Å². The van der Waals surface area contributed by atoms with Crippen LogP contribution >= 0.6 is 11.6 Å². The average Bonchev–Trinajstić information content (AvgIpc) is 3.06. The molecule has 1 aliphatic rings. The number of hydrogen-bond donors (Lipinski definition) is 1. The van der Waals surface area contributed by atoms with Crippen LogP contribution in [-0.4, -0.2) is 51.7 Å². The minimum atomic E-state index is -3.48. The number of carbonyl (C=O) groups is 1. The first-order valence-corrected chi connectivity index (χ1v) is 10.2. The van der Waals surface area contributed by atoms with E-state index in [-0.39, 0.29) is 12.6 Å². The van der Waals surface area contributed by atoms with E-state index >= 15 is 0 Å². The Bertz CT molecular complexity index is 732. The minimum absolute atomic E-state index is 0.123. The molecule has 1 aliphatic carbocycles. The molecule has 7 nitrogen and oxygen atoms in total. The van der Waals surface area contributed by atoms with Crippen LogP contribution in [0.15, 0.2) is 12.1 Å². The summed E-state index contributed by atoms with van der Waals surface area (Å²) < 4.78 is 35.7. The summed E-state index contributed by atoms with van der Waals surface area (Å²) in [5.41, 5.74) is 0.369. The predicted molar refractivity (Wildman–Crippen MR) is 97.0 cm³/mol. The molecule has 1 aromatic rings. The molecule has 1 N–H and O–H groups in total. The number of rotatable bonds is 7. The van der Waals surface area contributed by atoms with Crippen LogP contribution < -0.4 is 14.8 Å². The lowest BCUT2D eigenvalue weighted by atomic mass is 10.2. The van der Waals surface area contributed by atoms with E-state index in [1.165, 1.54) is 24.6 Å². The maximum Gasteiger partial charge on any atom is 0.239 e. The van der Waals surface area contributed by atoms with Crippen molar-refractivity contribution in [3.63, 3.8) is 0 Å². The maximum atomic E-state index is 12.4. The molecular weight excluding hydrogens is 368 g/mol. The number of hydrogen-bond acceptors (Lipinski definition) is 5. The monoisotopic (exact) mass is 390 g/mol. The van der Waals surface area contributed by atoms with Crippen molar-refractivity contribution in [3.05, 3.63) is 17.2 Å². The van der Waals surface area contributed by atoms with Crippen molar-refractivity contribution >= 4 is 33.2 Å². The highest BCUT2D eigenvalue weighted by Gasteiger charge is 2.31. The molecule has 0 aromatic heterocycles. The molecule has 1 amide bonds. The Morgan fingerprint density at radius 3 is 2.36 bits per heavy atom. The van der Waals surface area contributed by atoms with Gasteiger partial charge in [0.25, 0.3) is 0 Å². The van der Waals surface area contributed by atoms with Crippen LogP contribution in [0.2, 0.25) is 5.02 Å². The fraction of sp³-hybridized carbons (Fsp3) is 0.562. The second-order valence-electron chi connectivity index (χ2n) is 5.98. The summed E-state index contributed by atoms with van der Waals surface area (Å²) >= 11 is 6.04. The van der Waals surface area contributed by atoms with Gasteiger partial charge in [0.2, 0.25) is 15.9 Å². The summed E-state index contributed by atoms with van der Waals surface area (Å²) in [6, 6.07) is 2.95. The highest BCUT2D eigenvalue weighted by Crippen LogP contribution is 2.36. The average molecular weight is 391 g/mol. The number of nitrogens with one attached hydrogen (secondary N) is 1. The fourth-order valence-electron chi connectivity index (χ4n) is 3.00. The quantitative estimate of drug-likeness (QED) is 0.773. The zero-order valence-corrected chi connectivity index (χ0v) is 16.1. The zero-order valence-electron chi connectivity index (χ0n) is 14.5. The Labute approximate surface area is 153 Å². The molecule has 0 radical (unpaired) electrons. The molecule has 0 unspecified atom stereocenters. The fourth-order valence-corrected chi connectivity index (χ4v) is 4.33. The summed E-state index contributed by atoms with van der Waals surface area (Å²) in [6.45, 7) is -0.238. The normalized spacial score (nSPS) is 15.4. The van der Waals surface area contributed by atoms with Gasteiger partial charge < -0.3 is 14.8 Å². The van der Waals surface area contributed by atoms with E-state index < -0.39 is 15.9 Å². The number of ether oxygens (including phenoxy) is 2. The summed E-state index contributed by atoms with van der Waals surface area (Å²) in [4.78, 5) is 12.4. The predicted octanol–water partition coefficient (Wildman–Crippen LogP) is 2.50. The van der Waals surface area contributed by atoms with Gasteiger partial charge in [0.05, 0.1) is 37.7 Å². The number of benzene rings is 1. The van der Waals surface area contributed by atoms with Gasteiger partial charge in [-0.05, 0) is 12.8 Å². The van der Waals surface area contributed by atoms with Gasteiger partial charge in [0.1, 0.15) is 11.5 Å². The Morgan fingerprint density at radius 1 is 1.24 bits per heavy atom. The third-order valence-electron chi connectivity index (χ3n) is 4.21. The maximum absolute atomic E-state index is 12.4. The second kappa shape index (κ2) is 8.25. The number of halogens is 1. The molecule has 9 heteroatoms. The van der Waals surface area contributed by atoms with Crippen molar-refractivity contribution in [2.75, 3.05) is 32.3 Å². The lowest BCUT2D eigenvalue weighted by molar-refractivity contribution is -0.116. The molecule has 1 aromatic carbocycles. The molecule has 2 rings (SSSR count). The van der Waals surface area contributed by atoms with Gasteiger partial charge in [-0.3, -0.25) is 4.79 Å². The molecule has 0 bridgehead atoms. The molecular formula is C16H23ClN2O5S. The summed E-state index contributed by atoms with van der Waals surface area (Å²) in [7, 11) is -0.559. The van der Waals surface area contributed by atoms with E-state index in [9.17, 15) is 13.2 Å². The molecule has 25 heavy (non-hydrogen) atoms. The molecule has 1 saturated carbocycles. The van der Waals surface area contributed by atoms with Gasteiger partial charge >= 0.3 is 0 Å². The standard InChI is InChI=1S/C16H23ClN2O5S/c1-23-14-9-13(15(24-2)8-12(14)17)18-16(20)10-19(25(3,21)22)11-6-4-5-7-11/h8-9,11H,4-7,10H2,1-3H3,(H,18,20). The summed E-state index contributed by atoms with van der Waals surface area (Å²) in [5, 5.41) is 3.03. The highest BCUT2D eigenvalue weighted by molar-refractivity contribution is 7.88. The molecule has 0 saturated heterocycles. The van der Waals surface area contributed by atoms with Crippen molar-refractivity contribution in [2.45, 2.75) is 31.7 Å². The number of nitrogens with zero attached hydrogens (tertiary/aromatic N) is 1. The lowest BCUT2D eigenvalue weighted by Crippen LogP contribution is -2.43. The van der Waals surface area contributed by atoms with Crippen LogP contribution in [-0.2, 0) is 14.8 Å². The van der Waals surface area contributed by atoms with Gasteiger partial charge in [-0.15, -0.1) is 0 Å². The van der Waals surface area contributed by atoms with Crippen LogP contribution in [0.5, 0.6) is 11.5 Å². The molecule has 0 spiro atoms. The van der Waals surface area contributed by atoms with Crippen LogP contribution in [0.3, 0.4) is 0 Å². The van der Waals surface area contributed by atoms with Crippen LogP contribution in [0.4, 0.5) is 5.69 Å². The number of sulfonamides is 1. The Balaban J connectivity index is 2.18. The Morgan fingerprint density at radius 2 is 1.84 bits per heavy atom. The van der Waals surface area contributed by atoms with Crippen molar-refractivity contribution in [3.8, 4) is 11.5 Å². The van der Waals surface area contributed by atoms with Gasteiger partial charge in [-0.25, -0.2) is 8.42 Å². The van der Waals surface area contributed by atoms with Gasteiger partial charge in [0, 0.05) is 18.2 Å². The first-order valence-electron chi connectivity index (χ1n) is 7.94. The van der Waals surface area contributed by atoms with E-state index in [0.717, 1.165) is 31.9 Å². The smallest absolute Gasteiger partial charge is 0.239 e. The summed E-state index contributed by atoms with van der Waals surface area (Å²) in [6.07, 6.45) is 4.63. The summed E-state index contributed by atoms with van der Waals surface area (Å²) in [5.74, 6) is 0.305. The molecule has 1 fully saturated rings. The van der Waals surface area contributed by atoms with Crippen molar-refractivity contribution in [1.82, 2.24) is 4.31 Å². The van der Waals surface area contributed by atoms with Crippen molar-refractivity contribution in [1.29, 1.82) is 0 Å². The first-order chi connectivity index (χ1) is 11.8. The minimum Gasteiger partial charge on any atom is -0.495 e. The number of anilines is 1. The topological polar surface area (TPSA) is 84.9 Å². The Kier molecular flexibility index (Phi) is 6.53. The molecule has 0 atom stereocenters. The first kappa shape index (κ1) is 19.8. The molecule has 0 aliphatic heterocycles. The van der Waals surface area contributed by atoms with E-state index in [2.05, 4.69) is 5.32 Å². The molecule has 0 heterocycles. The van der Waals surface area contributed by atoms with Gasteiger partial charge in [0.15, 0.2) is 0 Å². The second-order valence-corrected chi connectivity index (χ2v) is 8.32. The third-order valence-corrected chi connectivity index (χ3v) is 5.78. The van der Waals surface area contributed by atoms with E-state index in [4.69, 9.17) is 21.1 Å².